The number of amides is 1. The van der Waals surface area contributed by atoms with E-state index < -0.39 is 0 Å². The Hall–Kier alpha value is -2.67. The normalized spacial score (nSPS) is 12.6. The van der Waals surface area contributed by atoms with Gasteiger partial charge in [0.25, 0.3) is 5.91 Å². The maximum Gasteiger partial charge on any atom is 0.257 e. The van der Waals surface area contributed by atoms with Gasteiger partial charge >= 0.3 is 0 Å². The standard InChI is InChI=1S/C15H9FN2O3S/c16-9-2-3-10-13(6-9)22-15(17-10)18-14(19)8-1-4-11-12(5-8)21-7-20-11/h1-6H,7H2,(H,17,18,19). The fourth-order valence-electron chi connectivity index (χ4n) is 2.16. The number of anilines is 1. The number of thiazole rings is 1. The van der Waals surface area contributed by atoms with Gasteiger partial charge in [-0.05, 0) is 36.4 Å². The molecule has 1 aliphatic heterocycles. The highest BCUT2D eigenvalue weighted by molar-refractivity contribution is 7.22. The van der Waals surface area contributed by atoms with Crippen molar-refractivity contribution in [3.05, 3.63) is 47.8 Å². The Morgan fingerprint density at radius 2 is 2.05 bits per heavy atom. The minimum absolute atomic E-state index is 0.157. The predicted octanol–water partition coefficient (Wildman–Crippen LogP) is 3.42. The Morgan fingerprint density at radius 1 is 1.18 bits per heavy atom. The zero-order chi connectivity index (χ0) is 15.1. The van der Waals surface area contributed by atoms with Gasteiger partial charge in [0.05, 0.1) is 10.2 Å². The van der Waals surface area contributed by atoms with Crippen LogP contribution in [0.5, 0.6) is 11.5 Å². The summed E-state index contributed by atoms with van der Waals surface area (Å²) in [5, 5.41) is 3.13. The molecule has 0 saturated carbocycles. The Kier molecular flexibility index (Phi) is 2.93. The number of hydrogen-bond donors (Lipinski definition) is 1. The first-order valence-corrected chi connectivity index (χ1v) is 7.28. The first-order chi connectivity index (χ1) is 10.7. The van der Waals surface area contributed by atoms with Gasteiger partial charge in [-0.15, -0.1) is 0 Å². The van der Waals surface area contributed by atoms with E-state index in [2.05, 4.69) is 10.3 Å². The molecule has 0 radical (unpaired) electrons. The van der Waals surface area contributed by atoms with Crippen LogP contribution < -0.4 is 14.8 Å². The number of ether oxygens (including phenoxy) is 2. The fraction of sp³-hybridized carbons (Fsp3) is 0.0667. The number of nitrogens with one attached hydrogen (secondary N) is 1. The molecule has 0 bridgehead atoms. The van der Waals surface area contributed by atoms with E-state index in [4.69, 9.17) is 9.47 Å². The van der Waals surface area contributed by atoms with Crippen LogP contribution in [0.25, 0.3) is 10.2 Å². The summed E-state index contributed by atoms with van der Waals surface area (Å²) in [4.78, 5) is 16.5. The van der Waals surface area contributed by atoms with E-state index in [1.54, 1.807) is 24.3 Å². The van der Waals surface area contributed by atoms with Gasteiger partial charge in [0.1, 0.15) is 5.82 Å². The molecule has 4 rings (SSSR count). The summed E-state index contributed by atoms with van der Waals surface area (Å²) in [5.41, 5.74) is 1.09. The summed E-state index contributed by atoms with van der Waals surface area (Å²) in [6, 6.07) is 9.26. The number of benzene rings is 2. The molecule has 0 fully saturated rings. The molecule has 1 aliphatic rings. The molecule has 1 N–H and O–H groups in total. The van der Waals surface area contributed by atoms with Crippen LogP contribution in [0.3, 0.4) is 0 Å². The summed E-state index contributed by atoms with van der Waals surface area (Å²) in [6.07, 6.45) is 0. The number of carbonyl (C=O) groups excluding carboxylic acids is 1. The van der Waals surface area contributed by atoms with Crippen molar-refractivity contribution in [1.82, 2.24) is 4.98 Å². The molecule has 0 aliphatic carbocycles. The zero-order valence-electron chi connectivity index (χ0n) is 11.1. The second-order valence-electron chi connectivity index (χ2n) is 4.65. The monoisotopic (exact) mass is 316 g/mol. The molecule has 1 aromatic heterocycles. The van der Waals surface area contributed by atoms with E-state index in [1.165, 1.54) is 23.5 Å². The molecule has 0 saturated heterocycles. The molecule has 110 valence electrons. The van der Waals surface area contributed by atoms with Crippen LogP contribution in [0.4, 0.5) is 9.52 Å². The summed E-state index contributed by atoms with van der Waals surface area (Å²) in [7, 11) is 0. The van der Waals surface area contributed by atoms with Crippen molar-refractivity contribution in [3.63, 3.8) is 0 Å². The maximum atomic E-state index is 13.2. The molecule has 0 atom stereocenters. The fourth-order valence-corrected chi connectivity index (χ4v) is 3.04. The van der Waals surface area contributed by atoms with Crippen LogP contribution in [0, 0.1) is 5.82 Å². The third-order valence-corrected chi connectivity index (χ3v) is 4.14. The quantitative estimate of drug-likeness (QED) is 0.787. The Balaban J connectivity index is 1.60. The van der Waals surface area contributed by atoms with Gasteiger partial charge in [0.2, 0.25) is 6.79 Å². The molecule has 0 spiro atoms. The van der Waals surface area contributed by atoms with E-state index in [9.17, 15) is 9.18 Å². The lowest BCUT2D eigenvalue weighted by atomic mass is 10.2. The highest BCUT2D eigenvalue weighted by Gasteiger charge is 2.17. The average Bonchev–Trinajstić information content (AvgIpc) is 3.11. The van der Waals surface area contributed by atoms with E-state index in [0.29, 0.717) is 32.4 Å². The van der Waals surface area contributed by atoms with Gasteiger partial charge in [-0.25, -0.2) is 9.37 Å². The number of carbonyl (C=O) groups is 1. The van der Waals surface area contributed by atoms with Crippen molar-refractivity contribution in [2.24, 2.45) is 0 Å². The molecule has 2 aromatic carbocycles. The molecule has 7 heteroatoms. The van der Waals surface area contributed by atoms with Crippen LogP contribution in [0.2, 0.25) is 0 Å². The Bertz CT molecular complexity index is 894. The SMILES string of the molecule is O=C(Nc1nc2ccc(F)cc2s1)c1ccc2c(c1)OCO2. The van der Waals surface area contributed by atoms with Crippen molar-refractivity contribution >= 4 is 32.6 Å². The van der Waals surface area contributed by atoms with Crippen molar-refractivity contribution < 1.29 is 18.7 Å². The van der Waals surface area contributed by atoms with Gasteiger partial charge in [-0.1, -0.05) is 11.3 Å². The van der Waals surface area contributed by atoms with Crippen molar-refractivity contribution in [2.45, 2.75) is 0 Å². The van der Waals surface area contributed by atoms with Gasteiger partial charge in [-0.2, -0.15) is 0 Å². The number of aromatic nitrogens is 1. The number of hydrogen-bond acceptors (Lipinski definition) is 5. The minimum atomic E-state index is -0.329. The van der Waals surface area contributed by atoms with E-state index >= 15 is 0 Å². The molecule has 0 unspecified atom stereocenters. The van der Waals surface area contributed by atoms with Gasteiger partial charge < -0.3 is 9.47 Å². The van der Waals surface area contributed by atoms with Crippen LogP contribution in [-0.4, -0.2) is 17.7 Å². The molecule has 1 amide bonds. The highest BCUT2D eigenvalue weighted by atomic mass is 32.1. The second-order valence-corrected chi connectivity index (χ2v) is 5.68. The summed E-state index contributed by atoms with van der Waals surface area (Å²) >= 11 is 1.22. The lowest BCUT2D eigenvalue weighted by Crippen LogP contribution is -2.11. The van der Waals surface area contributed by atoms with Gasteiger partial charge in [0, 0.05) is 5.56 Å². The number of fused-ring (bicyclic) bond motifs is 2. The summed E-state index contributed by atoms with van der Waals surface area (Å²) in [5.74, 6) is 0.522. The average molecular weight is 316 g/mol. The van der Waals surface area contributed by atoms with E-state index in [0.717, 1.165) is 0 Å². The largest absolute Gasteiger partial charge is 0.454 e. The van der Waals surface area contributed by atoms with Crippen molar-refractivity contribution in [3.8, 4) is 11.5 Å². The zero-order valence-corrected chi connectivity index (χ0v) is 11.9. The third kappa shape index (κ3) is 2.25. The highest BCUT2D eigenvalue weighted by Crippen LogP contribution is 2.33. The van der Waals surface area contributed by atoms with Crippen LogP contribution in [-0.2, 0) is 0 Å². The predicted molar refractivity (Wildman–Crippen MR) is 80.1 cm³/mol. The first kappa shape index (κ1) is 13.0. The van der Waals surface area contributed by atoms with Gasteiger partial charge in [0.15, 0.2) is 16.6 Å². The third-order valence-electron chi connectivity index (χ3n) is 3.21. The van der Waals surface area contributed by atoms with E-state index in [-0.39, 0.29) is 18.5 Å². The number of halogens is 1. The molecule has 2 heterocycles. The van der Waals surface area contributed by atoms with Crippen LogP contribution >= 0.6 is 11.3 Å². The second kappa shape index (κ2) is 4.96. The Labute approximate surface area is 128 Å². The van der Waals surface area contributed by atoms with Crippen LogP contribution in [0.1, 0.15) is 10.4 Å². The van der Waals surface area contributed by atoms with Crippen LogP contribution in [0.15, 0.2) is 36.4 Å². The topological polar surface area (TPSA) is 60.5 Å². The summed E-state index contributed by atoms with van der Waals surface area (Å²) < 4.78 is 24.3. The van der Waals surface area contributed by atoms with Crippen molar-refractivity contribution in [1.29, 1.82) is 0 Å². The number of nitrogens with zero attached hydrogens (tertiary/aromatic N) is 1. The molecule has 3 aromatic rings. The minimum Gasteiger partial charge on any atom is -0.454 e. The van der Waals surface area contributed by atoms with Gasteiger partial charge in [-0.3, -0.25) is 10.1 Å². The molecule has 5 nitrogen and oxygen atoms in total. The van der Waals surface area contributed by atoms with E-state index in [1.807, 2.05) is 0 Å². The molecular weight excluding hydrogens is 307 g/mol. The smallest absolute Gasteiger partial charge is 0.257 e. The number of rotatable bonds is 2. The van der Waals surface area contributed by atoms with Crippen molar-refractivity contribution in [2.75, 3.05) is 12.1 Å². The Morgan fingerprint density at radius 3 is 2.95 bits per heavy atom. The summed E-state index contributed by atoms with van der Waals surface area (Å²) in [6.45, 7) is 0.157. The maximum absolute atomic E-state index is 13.2. The lowest BCUT2D eigenvalue weighted by molar-refractivity contribution is 0.102. The molecule has 22 heavy (non-hydrogen) atoms. The molecular formula is C15H9FN2O3S. The lowest BCUT2D eigenvalue weighted by Gasteiger charge is -2.02. The first-order valence-electron chi connectivity index (χ1n) is 6.46.